The minimum atomic E-state index is 0.158. The third-order valence-electron chi connectivity index (χ3n) is 1.74. The van der Waals surface area contributed by atoms with E-state index in [9.17, 15) is 4.79 Å². The second kappa shape index (κ2) is 2.86. The second-order valence-electron chi connectivity index (χ2n) is 2.75. The van der Waals surface area contributed by atoms with E-state index in [1.165, 1.54) is 0 Å². The number of rotatable bonds is 2. The van der Waals surface area contributed by atoms with E-state index >= 15 is 0 Å². The van der Waals surface area contributed by atoms with Crippen molar-refractivity contribution in [3.8, 4) is 0 Å². The maximum Gasteiger partial charge on any atom is 0.149 e. The number of hydrogen-bond acceptors (Lipinski definition) is 2. The van der Waals surface area contributed by atoms with Crippen LogP contribution in [0, 0.1) is 13.8 Å². The van der Waals surface area contributed by atoms with Crippen molar-refractivity contribution >= 4 is 5.78 Å². The molecule has 0 radical (unpaired) electrons. The van der Waals surface area contributed by atoms with Gasteiger partial charge in [0.15, 0.2) is 0 Å². The van der Waals surface area contributed by atoms with Gasteiger partial charge in [-0.05, 0) is 20.8 Å². The smallest absolute Gasteiger partial charge is 0.149 e. The Balaban J connectivity index is 2.87. The standard InChI is InChI=1S/C8H12N2O/c1-6(11)4-10-5-9-7(2)8(10)3/h5H,4H2,1-3H3. The molecule has 0 aliphatic heterocycles. The fraction of sp³-hybridized carbons (Fsp3) is 0.500. The van der Waals surface area contributed by atoms with Gasteiger partial charge < -0.3 is 4.57 Å². The molecule has 3 nitrogen and oxygen atoms in total. The molecule has 1 rings (SSSR count). The summed E-state index contributed by atoms with van der Waals surface area (Å²) in [5.74, 6) is 0.158. The lowest BCUT2D eigenvalue weighted by atomic mass is 10.3. The molecule has 11 heavy (non-hydrogen) atoms. The van der Waals surface area contributed by atoms with Gasteiger partial charge in [0.25, 0.3) is 0 Å². The van der Waals surface area contributed by atoms with Crippen LogP contribution in [0.2, 0.25) is 0 Å². The average Bonchev–Trinajstić information content (AvgIpc) is 2.18. The van der Waals surface area contributed by atoms with Gasteiger partial charge in [0.1, 0.15) is 5.78 Å². The van der Waals surface area contributed by atoms with E-state index in [2.05, 4.69) is 4.98 Å². The third-order valence-corrected chi connectivity index (χ3v) is 1.74. The number of Topliss-reactive ketones (excluding diaryl/α,β-unsaturated/α-hetero) is 1. The molecule has 0 unspecified atom stereocenters. The van der Waals surface area contributed by atoms with Crippen molar-refractivity contribution in [2.45, 2.75) is 27.3 Å². The number of carbonyl (C=O) groups is 1. The highest BCUT2D eigenvalue weighted by atomic mass is 16.1. The van der Waals surface area contributed by atoms with E-state index in [1.54, 1.807) is 13.3 Å². The normalized spacial score (nSPS) is 10.1. The monoisotopic (exact) mass is 152 g/mol. The van der Waals surface area contributed by atoms with Crippen LogP contribution < -0.4 is 0 Å². The van der Waals surface area contributed by atoms with Crippen LogP contribution in [-0.4, -0.2) is 15.3 Å². The van der Waals surface area contributed by atoms with E-state index in [0.29, 0.717) is 6.54 Å². The molecule has 0 spiro atoms. The first-order valence-electron chi connectivity index (χ1n) is 3.59. The van der Waals surface area contributed by atoms with Crippen molar-refractivity contribution in [1.82, 2.24) is 9.55 Å². The first-order chi connectivity index (χ1) is 5.11. The summed E-state index contributed by atoms with van der Waals surface area (Å²) in [5, 5.41) is 0. The molecular formula is C8H12N2O. The Bertz CT molecular complexity index is 276. The molecule has 3 heteroatoms. The molecule has 0 bridgehead atoms. The fourth-order valence-corrected chi connectivity index (χ4v) is 0.943. The molecule has 0 saturated carbocycles. The Kier molecular flexibility index (Phi) is 2.08. The van der Waals surface area contributed by atoms with Crippen molar-refractivity contribution in [2.75, 3.05) is 0 Å². The van der Waals surface area contributed by atoms with E-state index in [1.807, 2.05) is 18.4 Å². The van der Waals surface area contributed by atoms with Crippen LogP contribution >= 0.6 is 0 Å². The number of nitrogens with zero attached hydrogens (tertiary/aromatic N) is 2. The molecule has 0 saturated heterocycles. The van der Waals surface area contributed by atoms with Crippen molar-refractivity contribution in [3.63, 3.8) is 0 Å². The number of ketones is 1. The topological polar surface area (TPSA) is 34.9 Å². The Morgan fingerprint density at radius 1 is 1.64 bits per heavy atom. The van der Waals surface area contributed by atoms with Gasteiger partial charge in [-0.3, -0.25) is 4.79 Å². The molecule has 1 heterocycles. The van der Waals surface area contributed by atoms with Gasteiger partial charge >= 0.3 is 0 Å². The second-order valence-corrected chi connectivity index (χ2v) is 2.75. The summed E-state index contributed by atoms with van der Waals surface area (Å²) in [7, 11) is 0. The van der Waals surface area contributed by atoms with Crippen LogP contribution in [0.4, 0.5) is 0 Å². The molecule has 0 aliphatic carbocycles. The molecule has 1 aromatic rings. The molecule has 60 valence electrons. The predicted octanol–water partition coefficient (Wildman–Crippen LogP) is 1.09. The van der Waals surface area contributed by atoms with Crippen molar-refractivity contribution < 1.29 is 4.79 Å². The average molecular weight is 152 g/mol. The Hall–Kier alpha value is -1.12. The highest BCUT2D eigenvalue weighted by molar-refractivity contribution is 5.75. The largest absolute Gasteiger partial charge is 0.327 e. The SMILES string of the molecule is CC(=O)Cn1cnc(C)c1C. The summed E-state index contributed by atoms with van der Waals surface area (Å²) in [6.07, 6.45) is 1.70. The van der Waals surface area contributed by atoms with E-state index in [4.69, 9.17) is 0 Å². The number of hydrogen-bond donors (Lipinski definition) is 0. The minimum absolute atomic E-state index is 0.158. The number of imidazole rings is 1. The van der Waals surface area contributed by atoms with Crippen molar-refractivity contribution in [2.24, 2.45) is 0 Å². The van der Waals surface area contributed by atoms with Gasteiger partial charge in [-0.2, -0.15) is 0 Å². The summed E-state index contributed by atoms with van der Waals surface area (Å²) < 4.78 is 1.86. The summed E-state index contributed by atoms with van der Waals surface area (Å²) in [6.45, 7) is 5.92. The Morgan fingerprint density at radius 2 is 2.27 bits per heavy atom. The maximum absolute atomic E-state index is 10.7. The van der Waals surface area contributed by atoms with E-state index < -0.39 is 0 Å². The van der Waals surface area contributed by atoms with Crippen molar-refractivity contribution in [3.05, 3.63) is 17.7 Å². The van der Waals surface area contributed by atoms with Gasteiger partial charge in [0, 0.05) is 5.69 Å². The molecule has 0 N–H and O–H groups in total. The summed E-state index contributed by atoms with van der Waals surface area (Å²) >= 11 is 0. The molecular weight excluding hydrogens is 140 g/mol. The Labute approximate surface area is 66.1 Å². The highest BCUT2D eigenvalue weighted by Crippen LogP contribution is 2.03. The first kappa shape index (κ1) is 7.98. The molecule has 1 aromatic heterocycles. The molecule has 0 fully saturated rings. The Morgan fingerprint density at radius 3 is 2.64 bits per heavy atom. The van der Waals surface area contributed by atoms with Gasteiger partial charge in [-0.1, -0.05) is 0 Å². The van der Waals surface area contributed by atoms with Crippen LogP contribution in [0.3, 0.4) is 0 Å². The zero-order valence-corrected chi connectivity index (χ0v) is 7.09. The quantitative estimate of drug-likeness (QED) is 0.635. The lowest BCUT2D eigenvalue weighted by molar-refractivity contribution is -0.117. The molecule has 0 aliphatic rings. The molecule has 0 aromatic carbocycles. The fourth-order valence-electron chi connectivity index (χ4n) is 0.943. The van der Waals surface area contributed by atoms with E-state index in [-0.39, 0.29) is 5.78 Å². The molecule has 0 atom stereocenters. The number of aromatic nitrogens is 2. The summed E-state index contributed by atoms with van der Waals surface area (Å²) in [4.78, 5) is 14.8. The zero-order chi connectivity index (χ0) is 8.43. The van der Waals surface area contributed by atoms with Crippen LogP contribution in [0.1, 0.15) is 18.3 Å². The third kappa shape index (κ3) is 1.67. The maximum atomic E-state index is 10.7. The lowest BCUT2D eigenvalue weighted by Gasteiger charge is -2.00. The summed E-state index contributed by atoms with van der Waals surface area (Å²) in [6, 6.07) is 0. The lowest BCUT2D eigenvalue weighted by Crippen LogP contribution is -2.06. The molecule has 0 amide bonds. The van der Waals surface area contributed by atoms with Crippen LogP contribution in [-0.2, 0) is 11.3 Å². The van der Waals surface area contributed by atoms with Gasteiger partial charge in [0.2, 0.25) is 0 Å². The van der Waals surface area contributed by atoms with E-state index in [0.717, 1.165) is 11.4 Å². The van der Waals surface area contributed by atoms with Crippen LogP contribution in [0.25, 0.3) is 0 Å². The zero-order valence-electron chi connectivity index (χ0n) is 7.09. The first-order valence-corrected chi connectivity index (χ1v) is 3.59. The van der Waals surface area contributed by atoms with Gasteiger partial charge in [0.05, 0.1) is 18.6 Å². The number of carbonyl (C=O) groups excluding carboxylic acids is 1. The minimum Gasteiger partial charge on any atom is -0.327 e. The van der Waals surface area contributed by atoms with Gasteiger partial charge in [-0.15, -0.1) is 0 Å². The van der Waals surface area contributed by atoms with Crippen molar-refractivity contribution in [1.29, 1.82) is 0 Å². The highest BCUT2D eigenvalue weighted by Gasteiger charge is 2.02. The van der Waals surface area contributed by atoms with Gasteiger partial charge in [-0.25, -0.2) is 4.98 Å². The summed E-state index contributed by atoms with van der Waals surface area (Å²) in [5.41, 5.74) is 2.06. The van der Waals surface area contributed by atoms with Crippen LogP contribution in [0.5, 0.6) is 0 Å². The number of aryl methyl sites for hydroxylation is 1. The predicted molar refractivity (Wildman–Crippen MR) is 42.4 cm³/mol. The van der Waals surface area contributed by atoms with Crippen LogP contribution in [0.15, 0.2) is 6.33 Å².